The minimum Gasteiger partial charge on any atom is -0.395 e. The highest BCUT2D eigenvalue weighted by atomic mass is 19.1. The molecule has 0 saturated heterocycles. The molecule has 2 N–H and O–H groups in total. The Bertz CT molecular complexity index is 430. The fourth-order valence-corrected chi connectivity index (χ4v) is 3.12. The summed E-state index contributed by atoms with van der Waals surface area (Å²) in [5.41, 5.74) is 1.45. The van der Waals surface area contributed by atoms with Crippen molar-refractivity contribution in [3.05, 3.63) is 29.6 Å². The molecule has 1 aromatic carbocycles. The van der Waals surface area contributed by atoms with E-state index >= 15 is 0 Å². The number of aliphatic hydroxyl groups is 2. The molecule has 2 rings (SSSR count). The summed E-state index contributed by atoms with van der Waals surface area (Å²) < 4.78 is 13.4. The van der Waals surface area contributed by atoms with E-state index in [1.807, 2.05) is 0 Å². The highest BCUT2D eigenvalue weighted by molar-refractivity contribution is 5.55. The van der Waals surface area contributed by atoms with Gasteiger partial charge in [-0.1, -0.05) is 19.3 Å². The van der Waals surface area contributed by atoms with Gasteiger partial charge in [0.2, 0.25) is 0 Å². The summed E-state index contributed by atoms with van der Waals surface area (Å²) in [4.78, 5) is 2.14. The lowest BCUT2D eigenvalue weighted by atomic mass is 9.93. The van der Waals surface area contributed by atoms with Crippen molar-refractivity contribution < 1.29 is 14.6 Å². The number of benzene rings is 1. The van der Waals surface area contributed by atoms with Gasteiger partial charge < -0.3 is 15.1 Å². The zero-order valence-corrected chi connectivity index (χ0v) is 12.1. The third-order valence-electron chi connectivity index (χ3n) is 4.11. The molecule has 0 aromatic heterocycles. The molecular weight excluding hydrogens is 257 g/mol. The van der Waals surface area contributed by atoms with Gasteiger partial charge in [-0.25, -0.2) is 4.39 Å². The van der Waals surface area contributed by atoms with Crippen molar-refractivity contribution in [3.63, 3.8) is 0 Å². The molecule has 0 radical (unpaired) electrons. The maximum atomic E-state index is 13.4. The van der Waals surface area contributed by atoms with Gasteiger partial charge >= 0.3 is 0 Å². The minimum absolute atomic E-state index is 0.0626. The van der Waals surface area contributed by atoms with Crippen molar-refractivity contribution in [3.8, 4) is 0 Å². The first-order valence-corrected chi connectivity index (χ1v) is 7.48. The van der Waals surface area contributed by atoms with Crippen molar-refractivity contribution in [2.45, 2.75) is 51.2 Å². The van der Waals surface area contributed by atoms with Crippen LogP contribution in [0.3, 0.4) is 0 Å². The first-order chi connectivity index (χ1) is 9.63. The second-order valence-electron chi connectivity index (χ2n) is 5.59. The lowest BCUT2D eigenvalue weighted by molar-refractivity contribution is 0.198. The van der Waals surface area contributed by atoms with Crippen LogP contribution in [0.4, 0.5) is 10.1 Å². The number of nitrogens with zero attached hydrogens (tertiary/aromatic N) is 1. The topological polar surface area (TPSA) is 43.7 Å². The van der Waals surface area contributed by atoms with Gasteiger partial charge in [-0.05, 0) is 38.0 Å². The SMILES string of the molecule is CC(O)c1cc(F)ccc1N(CCO)C1CCCCC1. The van der Waals surface area contributed by atoms with Gasteiger partial charge in [0.05, 0.1) is 12.7 Å². The Morgan fingerprint density at radius 2 is 2.00 bits per heavy atom. The van der Waals surface area contributed by atoms with Gasteiger partial charge in [-0.15, -0.1) is 0 Å². The van der Waals surface area contributed by atoms with Gasteiger partial charge in [-0.3, -0.25) is 0 Å². The molecule has 0 heterocycles. The number of hydrogen-bond donors (Lipinski definition) is 2. The molecule has 3 nitrogen and oxygen atoms in total. The quantitative estimate of drug-likeness (QED) is 0.872. The molecule has 0 spiro atoms. The maximum absolute atomic E-state index is 13.4. The molecule has 1 atom stereocenters. The zero-order chi connectivity index (χ0) is 14.5. The van der Waals surface area contributed by atoms with E-state index in [2.05, 4.69) is 4.90 Å². The van der Waals surface area contributed by atoms with Crippen LogP contribution in [0, 0.1) is 5.82 Å². The predicted octanol–water partition coefficient (Wildman–Crippen LogP) is 3.01. The molecule has 4 heteroatoms. The number of anilines is 1. The molecule has 1 aliphatic carbocycles. The Labute approximate surface area is 120 Å². The van der Waals surface area contributed by atoms with E-state index in [1.165, 1.54) is 31.4 Å². The van der Waals surface area contributed by atoms with Crippen LogP contribution < -0.4 is 4.90 Å². The average Bonchev–Trinajstić information content (AvgIpc) is 2.46. The van der Waals surface area contributed by atoms with Crippen molar-refractivity contribution in [1.82, 2.24) is 0 Å². The standard InChI is InChI=1S/C16H24FNO2/c1-12(20)15-11-13(17)7-8-16(15)18(9-10-19)14-5-3-2-4-6-14/h7-8,11-12,14,19-20H,2-6,9-10H2,1H3. The highest BCUT2D eigenvalue weighted by Crippen LogP contribution is 2.32. The first kappa shape index (κ1) is 15.3. The van der Waals surface area contributed by atoms with E-state index in [4.69, 9.17) is 0 Å². The molecule has 0 aliphatic heterocycles. The fraction of sp³-hybridized carbons (Fsp3) is 0.625. The van der Waals surface area contributed by atoms with Crippen molar-refractivity contribution in [2.24, 2.45) is 0 Å². The van der Waals surface area contributed by atoms with E-state index in [0.29, 0.717) is 18.2 Å². The third kappa shape index (κ3) is 3.49. The zero-order valence-electron chi connectivity index (χ0n) is 12.1. The summed E-state index contributed by atoms with van der Waals surface area (Å²) in [6.07, 6.45) is 5.12. The lowest BCUT2D eigenvalue weighted by Gasteiger charge is -2.37. The molecule has 0 amide bonds. The van der Waals surface area contributed by atoms with Gasteiger partial charge in [-0.2, -0.15) is 0 Å². The first-order valence-electron chi connectivity index (χ1n) is 7.48. The second-order valence-corrected chi connectivity index (χ2v) is 5.59. The Morgan fingerprint density at radius 1 is 1.30 bits per heavy atom. The maximum Gasteiger partial charge on any atom is 0.123 e. The van der Waals surface area contributed by atoms with Crippen LogP contribution in [0.1, 0.15) is 50.7 Å². The van der Waals surface area contributed by atoms with Gasteiger partial charge in [0, 0.05) is 23.8 Å². The number of aliphatic hydroxyl groups excluding tert-OH is 2. The number of halogens is 1. The van der Waals surface area contributed by atoms with Crippen molar-refractivity contribution >= 4 is 5.69 Å². The molecule has 1 unspecified atom stereocenters. The molecule has 1 fully saturated rings. The summed E-state index contributed by atoms with van der Waals surface area (Å²) in [7, 11) is 0. The Kier molecular flexibility index (Phi) is 5.38. The normalized spacial score (nSPS) is 18.0. The molecule has 0 bridgehead atoms. The van der Waals surface area contributed by atoms with Crippen LogP contribution in [-0.2, 0) is 0 Å². The summed E-state index contributed by atoms with van der Waals surface area (Å²) >= 11 is 0. The number of hydrogen-bond acceptors (Lipinski definition) is 3. The van der Waals surface area contributed by atoms with Crippen LogP contribution in [-0.4, -0.2) is 29.4 Å². The van der Waals surface area contributed by atoms with Crippen LogP contribution in [0.2, 0.25) is 0 Å². The Morgan fingerprint density at radius 3 is 2.60 bits per heavy atom. The van der Waals surface area contributed by atoms with Crippen LogP contribution in [0.15, 0.2) is 18.2 Å². The molecule has 1 saturated carbocycles. The van der Waals surface area contributed by atoms with E-state index in [0.717, 1.165) is 18.5 Å². The second kappa shape index (κ2) is 7.04. The number of rotatable bonds is 5. The van der Waals surface area contributed by atoms with Gasteiger partial charge in [0.1, 0.15) is 5.82 Å². The summed E-state index contributed by atoms with van der Waals surface area (Å²) in [6.45, 7) is 2.24. The van der Waals surface area contributed by atoms with E-state index < -0.39 is 6.10 Å². The smallest absolute Gasteiger partial charge is 0.123 e. The lowest BCUT2D eigenvalue weighted by Crippen LogP contribution is -2.39. The largest absolute Gasteiger partial charge is 0.395 e. The molecule has 20 heavy (non-hydrogen) atoms. The molecule has 1 aliphatic rings. The van der Waals surface area contributed by atoms with E-state index in [9.17, 15) is 14.6 Å². The van der Waals surface area contributed by atoms with E-state index in [-0.39, 0.29) is 12.4 Å². The Balaban J connectivity index is 2.32. The van der Waals surface area contributed by atoms with Gasteiger partial charge in [0.25, 0.3) is 0 Å². The van der Waals surface area contributed by atoms with E-state index in [1.54, 1.807) is 13.0 Å². The average molecular weight is 281 g/mol. The van der Waals surface area contributed by atoms with Crippen LogP contribution in [0.25, 0.3) is 0 Å². The molecular formula is C16H24FNO2. The summed E-state index contributed by atoms with van der Waals surface area (Å²) in [5, 5.41) is 19.2. The summed E-state index contributed by atoms with van der Waals surface area (Å²) in [6, 6.07) is 4.92. The summed E-state index contributed by atoms with van der Waals surface area (Å²) in [5.74, 6) is -0.336. The fourth-order valence-electron chi connectivity index (χ4n) is 3.12. The minimum atomic E-state index is -0.717. The molecule has 1 aromatic rings. The monoisotopic (exact) mass is 281 g/mol. The van der Waals surface area contributed by atoms with Gasteiger partial charge in [0.15, 0.2) is 0 Å². The van der Waals surface area contributed by atoms with Crippen LogP contribution in [0.5, 0.6) is 0 Å². The van der Waals surface area contributed by atoms with Crippen molar-refractivity contribution in [2.75, 3.05) is 18.1 Å². The predicted molar refractivity (Wildman–Crippen MR) is 78.3 cm³/mol. The van der Waals surface area contributed by atoms with Crippen molar-refractivity contribution in [1.29, 1.82) is 0 Å². The van der Waals surface area contributed by atoms with Crippen LogP contribution >= 0.6 is 0 Å². The molecule has 112 valence electrons. The Hall–Kier alpha value is -1.13. The third-order valence-corrected chi connectivity index (χ3v) is 4.11. The highest BCUT2D eigenvalue weighted by Gasteiger charge is 2.24.